The fourth-order valence-corrected chi connectivity index (χ4v) is 2.04. The van der Waals surface area contributed by atoms with Crippen molar-refractivity contribution in [1.82, 2.24) is 5.32 Å². The van der Waals surface area contributed by atoms with Crippen molar-refractivity contribution in [3.63, 3.8) is 0 Å². The van der Waals surface area contributed by atoms with Gasteiger partial charge in [-0.1, -0.05) is 19.9 Å². The van der Waals surface area contributed by atoms with Crippen LogP contribution in [0.2, 0.25) is 0 Å². The maximum Gasteiger partial charge on any atom is 0.405 e. The first-order valence-electron chi connectivity index (χ1n) is 6.96. The fourth-order valence-electron chi connectivity index (χ4n) is 2.04. The van der Waals surface area contributed by atoms with E-state index in [0.29, 0.717) is 0 Å². The molecule has 0 aliphatic rings. The Bertz CT molecular complexity index is 455. The lowest BCUT2D eigenvalue weighted by molar-refractivity contribution is -0.120. The van der Waals surface area contributed by atoms with E-state index in [1.807, 2.05) is 13.8 Å². The molecule has 120 valence electrons. The molecule has 0 unspecified atom stereocenters. The largest absolute Gasteiger partial charge is 0.405 e. The average Bonchev–Trinajstić information content (AvgIpc) is 2.32. The smallest absolute Gasteiger partial charge is 0.360 e. The number of nitrogens with zero attached hydrogens (tertiary/aromatic N) is 1. The van der Waals surface area contributed by atoms with E-state index in [2.05, 4.69) is 5.32 Å². The van der Waals surface area contributed by atoms with Gasteiger partial charge in [0.2, 0.25) is 0 Å². The van der Waals surface area contributed by atoms with Gasteiger partial charge in [-0.2, -0.15) is 13.2 Å². The van der Waals surface area contributed by atoms with Crippen LogP contribution in [0, 0.1) is 5.82 Å². The Balaban J connectivity index is 3.15. The molecule has 1 aromatic rings. The second-order valence-electron chi connectivity index (χ2n) is 5.61. The van der Waals surface area contributed by atoms with Crippen molar-refractivity contribution in [1.29, 1.82) is 0 Å². The van der Waals surface area contributed by atoms with Crippen LogP contribution in [0.25, 0.3) is 0 Å². The molecule has 1 rings (SSSR count). The predicted molar refractivity (Wildman–Crippen MR) is 76.9 cm³/mol. The minimum Gasteiger partial charge on any atom is -0.360 e. The summed E-state index contributed by atoms with van der Waals surface area (Å²) in [5, 5.41) is 3.05. The minimum absolute atomic E-state index is 0.118. The van der Waals surface area contributed by atoms with E-state index in [4.69, 9.17) is 0 Å². The summed E-state index contributed by atoms with van der Waals surface area (Å²) in [4.78, 5) is 1.18. The predicted octanol–water partition coefficient (Wildman–Crippen LogP) is 4.10. The van der Waals surface area contributed by atoms with Crippen LogP contribution in [0.1, 0.15) is 33.3 Å². The van der Waals surface area contributed by atoms with E-state index >= 15 is 0 Å². The molecule has 0 heterocycles. The second-order valence-corrected chi connectivity index (χ2v) is 5.61. The van der Waals surface area contributed by atoms with Crippen LogP contribution in [0.15, 0.2) is 18.2 Å². The van der Waals surface area contributed by atoms with Crippen LogP contribution in [-0.4, -0.2) is 24.8 Å². The van der Waals surface area contributed by atoms with Crippen LogP contribution in [0.4, 0.5) is 23.2 Å². The molecule has 0 spiro atoms. The lowest BCUT2D eigenvalue weighted by Gasteiger charge is -2.32. The van der Waals surface area contributed by atoms with E-state index in [0.717, 1.165) is 0 Å². The van der Waals surface area contributed by atoms with Crippen LogP contribution in [-0.2, 0) is 6.54 Å². The molecule has 0 saturated heterocycles. The maximum absolute atomic E-state index is 14.0. The Labute approximate surface area is 123 Å². The van der Waals surface area contributed by atoms with Gasteiger partial charge in [0.25, 0.3) is 0 Å². The number of hydrogen-bond acceptors (Lipinski definition) is 2. The highest BCUT2D eigenvalue weighted by atomic mass is 19.4. The van der Waals surface area contributed by atoms with Crippen molar-refractivity contribution >= 4 is 5.69 Å². The molecule has 1 aromatic carbocycles. The van der Waals surface area contributed by atoms with E-state index in [-0.39, 0.29) is 29.9 Å². The number of anilines is 1. The monoisotopic (exact) mass is 306 g/mol. The van der Waals surface area contributed by atoms with Gasteiger partial charge in [0.05, 0.1) is 0 Å². The Morgan fingerprint density at radius 2 is 1.76 bits per heavy atom. The number of halogens is 4. The first-order chi connectivity index (χ1) is 9.61. The number of hydrogen-bond donors (Lipinski definition) is 1. The number of nitrogens with one attached hydrogen (secondary N) is 1. The van der Waals surface area contributed by atoms with Crippen LogP contribution >= 0.6 is 0 Å². The van der Waals surface area contributed by atoms with Crippen LogP contribution < -0.4 is 10.2 Å². The molecule has 0 fully saturated rings. The third kappa shape index (κ3) is 5.53. The summed E-state index contributed by atoms with van der Waals surface area (Å²) in [5.41, 5.74) is 0.555. The SMILES string of the molecule is CC(C)NCc1c(F)cccc1N(CC(F)(F)F)C(C)C. The lowest BCUT2D eigenvalue weighted by Crippen LogP contribution is -2.40. The summed E-state index contributed by atoms with van der Waals surface area (Å²) in [6, 6.07) is 3.98. The summed E-state index contributed by atoms with van der Waals surface area (Å²) in [5.74, 6) is -0.492. The van der Waals surface area contributed by atoms with Crippen LogP contribution in [0.3, 0.4) is 0 Å². The van der Waals surface area contributed by atoms with E-state index in [1.54, 1.807) is 13.8 Å². The topological polar surface area (TPSA) is 15.3 Å². The zero-order valence-electron chi connectivity index (χ0n) is 12.8. The molecule has 0 saturated carbocycles. The van der Waals surface area contributed by atoms with Crippen molar-refractivity contribution in [3.8, 4) is 0 Å². The normalized spacial score (nSPS) is 12.3. The van der Waals surface area contributed by atoms with Crippen molar-refractivity contribution < 1.29 is 17.6 Å². The highest BCUT2D eigenvalue weighted by Gasteiger charge is 2.33. The van der Waals surface area contributed by atoms with E-state index < -0.39 is 18.5 Å². The van der Waals surface area contributed by atoms with Crippen LogP contribution in [0.5, 0.6) is 0 Å². The summed E-state index contributed by atoms with van der Waals surface area (Å²) >= 11 is 0. The molecule has 6 heteroatoms. The maximum atomic E-state index is 14.0. The van der Waals surface area contributed by atoms with E-state index in [1.165, 1.54) is 23.1 Å². The molecule has 0 atom stereocenters. The highest BCUT2D eigenvalue weighted by Crippen LogP contribution is 2.28. The Morgan fingerprint density at radius 1 is 1.14 bits per heavy atom. The van der Waals surface area contributed by atoms with Gasteiger partial charge in [-0.3, -0.25) is 0 Å². The van der Waals surface area contributed by atoms with Gasteiger partial charge in [0, 0.05) is 29.9 Å². The minimum atomic E-state index is -4.33. The molecule has 0 aliphatic heterocycles. The zero-order valence-corrected chi connectivity index (χ0v) is 12.8. The van der Waals surface area contributed by atoms with Crippen molar-refractivity contribution in [2.24, 2.45) is 0 Å². The quantitative estimate of drug-likeness (QED) is 0.796. The molecular weight excluding hydrogens is 284 g/mol. The molecular formula is C15H22F4N2. The third-order valence-corrected chi connectivity index (χ3v) is 3.06. The molecule has 0 aliphatic carbocycles. The Kier molecular flexibility index (Phi) is 6.01. The zero-order chi connectivity index (χ0) is 16.2. The van der Waals surface area contributed by atoms with Gasteiger partial charge in [0.15, 0.2) is 0 Å². The number of benzene rings is 1. The second kappa shape index (κ2) is 7.11. The first-order valence-corrected chi connectivity index (χ1v) is 6.96. The first kappa shape index (κ1) is 17.8. The van der Waals surface area contributed by atoms with Crippen molar-refractivity contribution in [3.05, 3.63) is 29.6 Å². The molecule has 0 amide bonds. The average molecular weight is 306 g/mol. The van der Waals surface area contributed by atoms with Gasteiger partial charge in [-0.15, -0.1) is 0 Å². The Morgan fingerprint density at radius 3 is 2.24 bits per heavy atom. The third-order valence-electron chi connectivity index (χ3n) is 3.06. The van der Waals surface area contributed by atoms with Crippen molar-refractivity contribution in [2.75, 3.05) is 11.4 Å². The molecule has 0 bridgehead atoms. The molecule has 0 aromatic heterocycles. The highest BCUT2D eigenvalue weighted by molar-refractivity contribution is 5.55. The summed E-state index contributed by atoms with van der Waals surface area (Å²) in [6.07, 6.45) is -4.33. The van der Waals surface area contributed by atoms with Gasteiger partial charge in [-0.05, 0) is 26.0 Å². The van der Waals surface area contributed by atoms with Gasteiger partial charge in [-0.25, -0.2) is 4.39 Å². The molecule has 21 heavy (non-hydrogen) atoms. The standard InChI is InChI=1S/C15H22F4N2/c1-10(2)20-8-12-13(16)6-5-7-14(12)21(11(3)4)9-15(17,18)19/h5-7,10-11,20H,8-9H2,1-4H3. The van der Waals surface area contributed by atoms with Crippen molar-refractivity contribution in [2.45, 2.75) is 52.5 Å². The molecule has 0 radical (unpaired) electrons. The Hall–Kier alpha value is -1.30. The lowest BCUT2D eigenvalue weighted by atomic mass is 10.1. The summed E-state index contributed by atoms with van der Waals surface area (Å²) in [6.45, 7) is 6.23. The number of alkyl halides is 3. The summed E-state index contributed by atoms with van der Waals surface area (Å²) in [7, 11) is 0. The number of rotatable bonds is 6. The van der Waals surface area contributed by atoms with Gasteiger partial charge < -0.3 is 10.2 Å². The van der Waals surface area contributed by atoms with E-state index in [9.17, 15) is 17.6 Å². The van der Waals surface area contributed by atoms with Gasteiger partial charge in [0.1, 0.15) is 12.4 Å². The molecule has 2 nitrogen and oxygen atoms in total. The molecule has 1 N–H and O–H groups in total. The fraction of sp³-hybridized carbons (Fsp3) is 0.600. The van der Waals surface area contributed by atoms with Gasteiger partial charge >= 0.3 is 6.18 Å². The summed E-state index contributed by atoms with van der Waals surface area (Å²) < 4.78 is 52.3.